The number of halogens is 2. The predicted molar refractivity (Wildman–Crippen MR) is 156 cm³/mol. The molecule has 0 radical (unpaired) electrons. The molecule has 4 heterocycles. The van der Waals surface area contributed by atoms with E-state index in [1.54, 1.807) is 11.1 Å². The van der Waals surface area contributed by atoms with Crippen molar-refractivity contribution in [1.82, 2.24) is 34.4 Å². The minimum Gasteiger partial charge on any atom is -0.493 e. The molecule has 1 saturated heterocycles. The smallest absolute Gasteiger partial charge is 0.410 e. The Bertz CT molecular complexity index is 1730. The highest BCUT2D eigenvalue weighted by Gasteiger charge is 2.28. The van der Waals surface area contributed by atoms with Gasteiger partial charge in [0.1, 0.15) is 22.7 Å². The third-order valence-electron chi connectivity index (χ3n) is 6.99. The van der Waals surface area contributed by atoms with Crippen molar-refractivity contribution in [2.75, 3.05) is 33.0 Å². The van der Waals surface area contributed by atoms with E-state index < -0.39 is 28.5 Å². The first-order valence-electron chi connectivity index (χ1n) is 13.8. The Balaban J connectivity index is 1.42. The number of methoxy groups -OCH3 is 2. The second-order valence-electron chi connectivity index (χ2n) is 11.1. The summed E-state index contributed by atoms with van der Waals surface area (Å²) in [5, 5.41) is 8.67. The van der Waals surface area contributed by atoms with Crippen LogP contribution < -0.4 is 20.8 Å². The molecule has 0 atom stereocenters. The number of anilines is 1. The van der Waals surface area contributed by atoms with E-state index >= 15 is 8.78 Å². The Morgan fingerprint density at radius 1 is 1.02 bits per heavy atom. The SMILES string of the molecule is COc1cc(OC)c(F)c(-n2nc(-c3nc(-c4cnn(C5CCN(C(=O)OC(C)(C)C)CC5)c4)cnc3N)ccc2=O)c1F. The molecule has 0 unspecified atom stereocenters. The number of benzene rings is 1. The highest BCUT2D eigenvalue weighted by Crippen LogP contribution is 2.33. The number of hydrogen-bond acceptors (Lipinski definition) is 10. The summed E-state index contributed by atoms with van der Waals surface area (Å²) in [5.41, 5.74) is 5.13. The van der Waals surface area contributed by atoms with Gasteiger partial charge >= 0.3 is 6.09 Å². The lowest BCUT2D eigenvalue weighted by atomic mass is 10.1. The number of nitrogens with zero attached hydrogens (tertiary/aromatic N) is 7. The lowest BCUT2D eigenvalue weighted by Gasteiger charge is -2.33. The van der Waals surface area contributed by atoms with Crippen LogP contribution in [0.2, 0.25) is 0 Å². The van der Waals surface area contributed by atoms with Crippen LogP contribution in [0, 0.1) is 11.6 Å². The average Bonchev–Trinajstić information content (AvgIpc) is 3.48. The molecule has 3 aromatic heterocycles. The Hall–Kier alpha value is -5.08. The molecule has 13 nitrogen and oxygen atoms in total. The monoisotopic (exact) mass is 610 g/mol. The van der Waals surface area contributed by atoms with Gasteiger partial charge < -0.3 is 24.8 Å². The average molecular weight is 611 g/mol. The number of piperidine rings is 1. The molecule has 5 rings (SSSR count). The molecule has 1 amide bonds. The summed E-state index contributed by atoms with van der Waals surface area (Å²) >= 11 is 0. The number of amides is 1. The first-order chi connectivity index (χ1) is 20.9. The minimum atomic E-state index is -1.14. The summed E-state index contributed by atoms with van der Waals surface area (Å²) in [6, 6.07) is 3.50. The maximum Gasteiger partial charge on any atom is 0.410 e. The Morgan fingerprint density at radius 3 is 2.30 bits per heavy atom. The second kappa shape index (κ2) is 11.9. The molecule has 232 valence electrons. The quantitative estimate of drug-likeness (QED) is 0.339. The largest absolute Gasteiger partial charge is 0.493 e. The third-order valence-corrected chi connectivity index (χ3v) is 6.99. The van der Waals surface area contributed by atoms with E-state index in [4.69, 9.17) is 19.9 Å². The van der Waals surface area contributed by atoms with E-state index in [-0.39, 0.29) is 40.8 Å². The molecule has 0 spiro atoms. The van der Waals surface area contributed by atoms with Gasteiger partial charge in [-0.2, -0.15) is 14.9 Å². The number of likely N-dealkylation sites (tertiary alicyclic amines) is 1. The van der Waals surface area contributed by atoms with Crippen LogP contribution in [-0.2, 0) is 4.74 Å². The van der Waals surface area contributed by atoms with Crippen molar-refractivity contribution in [3.05, 3.63) is 58.8 Å². The van der Waals surface area contributed by atoms with E-state index in [0.29, 0.717) is 41.9 Å². The van der Waals surface area contributed by atoms with Gasteiger partial charge in [0.05, 0.1) is 38.3 Å². The maximum absolute atomic E-state index is 15.2. The highest BCUT2D eigenvalue weighted by atomic mass is 19.1. The first kappa shape index (κ1) is 30.4. The van der Waals surface area contributed by atoms with Crippen LogP contribution in [0.5, 0.6) is 11.5 Å². The number of nitrogen functional groups attached to an aromatic ring is 1. The third kappa shape index (κ3) is 6.02. The number of carbonyl (C=O) groups excluding carboxylic acids is 1. The van der Waals surface area contributed by atoms with Crippen LogP contribution >= 0.6 is 0 Å². The number of hydrogen-bond donors (Lipinski definition) is 1. The van der Waals surface area contributed by atoms with Gasteiger partial charge in [0, 0.05) is 37.0 Å². The Labute approximate surface area is 251 Å². The van der Waals surface area contributed by atoms with Crippen LogP contribution in [0.3, 0.4) is 0 Å². The van der Waals surface area contributed by atoms with Crippen molar-refractivity contribution in [3.8, 4) is 39.8 Å². The second-order valence-corrected chi connectivity index (χ2v) is 11.1. The van der Waals surface area contributed by atoms with Crippen molar-refractivity contribution in [3.63, 3.8) is 0 Å². The minimum absolute atomic E-state index is 0.0162. The van der Waals surface area contributed by atoms with Gasteiger partial charge in [0.15, 0.2) is 29.0 Å². The summed E-state index contributed by atoms with van der Waals surface area (Å²) in [4.78, 5) is 35.7. The summed E-state index contributed by atoms with van der Waals surface area (Å²) in [6.07, 6.45) is 5.95. The molecule has 0 bridgehead atoms. The molecule has 1 aliphatic heterocycles. The zero-order valence-electron chi connectivity index (χ0n) is 24.9. The number of ether oxygens (including phenoxy) is 3. The summed E-state index contributed by atoms with van der Waals surface area (Å²) in [7, 11) is 2.39. The molecular formula is C29H32F2N8O5. The van der Waals surface area contributed by atoms with Gasteiger partial charge in [-0.25, -0.2) is 23.5 Å². The topological polar surface area (TPSA) is 153 Å². The van der Waals surface area contributed by atoms with Crippen LogP contribution in [0.4, 0.5) is 19.4 Å². The van der Waals surface area contributed by atoms with E-state index in [1.807, 2.05) is 31.6 Å². The molecular weight excluding hydrogens is 578 g/mol. The molecule has 1 aliphatic rings. The van der Waals surface area contributed by atoms with Crippen LogP contribution in [-0.4, -0.2) is 73.4 Å². The fraction of sp³-hybridized carbons (Fsp3) is 0.379. The van der Waals surface area contributed by atoms with E-state index in [0.717, 1.165) is 12.1 Å². The number of nitrogens with two attached hydrogens (primary N) is 1. The fourth-order valence-electron chi connectivity index (χ4n) is 4.79. The molecule has 15 heteroatoms. The van der Waals surface area contributed by atoms with Crippen molar-refractivity contribution < 1.29 is 27.8 Å². The summed E-state index contributed by atoms with van der Waals surface area (Å²) in [5.74, 6) is -2.99. The lowest BCUT2D eigenvalue weighted by molar-refractivity contribution is 0.0184. The molecule has 1 fully saturated rings. The molecule has 1 aromatic carbocycles. The molecule has 0 aliphatic carbocycles. The van der Waals surface area contributed by atoms with Gasteiger partial charge in [-0.3, -0.25) is 9.48 Å². The standard InChI is InChI=1S/C29H32F2N8O5/c1-29(2,3)44-28(41)37-10-8-17(9-11-37)38-15-16(13-34-38)19-14-33-27(32)25(35-19)18-6-7-22(40)39(36-18)26-23(30)20(42-4)12-21(43-5)24(26)31/h6-7,12-15,17H,8-11H2,1-5H3,(H2,32,33). The molecule has 0 saturated carbocycles. The molecule has 44 heavy (non-hydrogen) atoms. The Morgan fingerprint density at radius 2 is 1.68 bits per heavy atom. The van der Waals surface area contributed by atoms with E-state index in [1.165, 1.54) is 26.5 Å². The predicted octanol–water partition coefficient (Wildman–Crippen LogP) is 4.00. The Kier molecular flexibility index (Phi) is 8.21. The number of rotatable bonds is 6. The van der Waals surface area contributed by atoms with Crippen molar-refractivity contribution >= 4 is 11.9 Å². The van der Waals surface area contributed by atoms with Crippen LogP contribution in [0.25, 0.3) is 28.3 Å². The van der Waals surface area contributed by atoms with Gasteiger partial charge in [-0.05, 0) is 39.7 Å². The zero-order chi connectivity index (χ0) is 31.8. The van der Waals surface area contributed by atoms with Gasteiger partial charge in [-0.15, -0.1) is 0 Å². The van der Waals surface area contributed by atoms with E-state index in [2.05, 4.69) is 20.2 Å². The van der Waals surface area contributed by atoms with Crippen molar-refractivity contribution in [2.45, 2.75) is 45.3 Å². The number of carbonyl (C=O) groups is 1. The van der Waals surface area contributed by atoms with Gasteiger partial charge in [0.25, 0.3) is 5.56 Å². The molecule has 4 aromatic rings. The van der Waals surface area contributed by atoms with Crippen LogP contribution in [0.15, 0.2) is 41.6 Å². The normalized spacial score (nSPS) is 14.0. The fourth-order valence-corrected chi connectivity index (χ4v) is 4.79. The van der Waals surface area contributed by atoms with Crippen molar-refractivity contribution in [1.29, 1.82) is 0 Å². The number of aromatic nitrogens is 6. The summed E-state index contributed by atoms with van der Waals surface area (Å²) in [6.45, 7) is 6.56. The maximum atomic E-state index is 15.2. The van der Waals surface area contributed by atoms with Crippen LogP contribution in [0.1, 0.15) is 39.7 Å². The highest BCUT2D eigenvalue weighted by molar-refractivity contribution is 5.70. The van der Waals surface area contributed by atoms with E-state index in [9.17, 15) is 9.59 Å². The lowest BCUT2D eigenvalue weighted by Crippen LogP contribution is -2.42. The zero-order valence-corrected chi connectivity index (χ0v) is 24.9. The van der Waals surface area contributed by atoms with Crippen molar-refractivity contribution in [2.24, 2.45) is 0 Å². The summed E-state index contributed by atoms with van der Waals surface area (Å²) < 4.78 is 48.2. The van der Waals surface area contributed by atoms with Gasteiger partial charge in [-0.1, -0.05) is 0 Å². The van der Waals surface area contributed by atoms with Gasteiger partial charge in [0.2, 0.25) is 0 Å². The molecule has 2 N–H and O–H groups in total. The first-order valence-corrected chi connectivity index (χ1v) is 13.8.